The van der Waals surface area contributed by atoms with Crippen LogP contribution in [0.2, 0.25) is 0 Å². The van der Waals surface area contributed by atoms with Gasteiger partial charge in [0.2, 0.25) is 5.91 Å². The summed E-state index contributed by atoms with van der Waals surface area (Å²) < 4.78 is 0. The van der Waals surface area contributed by atoms with Crippen molar-refractivity contribution in [1.82, 2.24) is 10.2 Å². The lowest BCUT2D eigenvalue weighted by molar-refractivity contribution is -0.136. The minimum absolute atomic E-state index is 0.0287. The third-order valence-corrected chi connectivity index (χ3v) is 5.59. The second-order valence-electron chi connectivity index (χ2n) is 6.57. The topological polar surface area (TPSA) is 49.4 Å². The molecule has 0 aliphatic carbocycles. The van der Waals surface area contributed by atoms with Gasteiger partial charge in [0.1, 0.15) is 6.04 Å². The number of piperidine rings is 1. The first-order valence-electron chi connectivity index (χ1n) is 8.84. The number of nitrogens with zero attached hydrogens (tertiary/aromatic N) is 1. The van der Waals surface area contributed by atoms with Crippen molar-refractivity contribution in [3.8, 4) is 0 Å². The number of carbonyl (C=O) groups excluding carboxylic acids is 2. The van der Waals surface area contributed by atoms with E-state index in [2.05, 4.69) is 12.2 Å². The average molecular weight is 356 g/mol. The number of amides is 2. The van der Waals surface area contributed by atoms with E-state index in [0.29, 0.717) is 11.3 Å². The lowest BCUT2D eigenvalue weighted by Crippen LogP contribution is -2.53. The first kappa shape index (κ1) is 17.7. The molecule has 2 heterocycles. The Hall–Kier alpha value is -2.14. The molecule has 2 amide bonds. The lowest BCUT2D eigenvalue weighted by atomic mass is 9.99. The van der Waals surface area contributed by atoms with Crippen molar-refractivity contribution in [2.75, 3.05) is 6.54 Å². The van der Waals surface area contributed by atoms with Crippen LogP contribution in [0.5, 0.6) is 0 Å². The molecule has 1 N–H and O–H groups in total. The molecule has 4 nitrogen and oxygen atoms in total. The maximum absolute atomic E-state index is 13.1. The summed E-state index contributed by atoms with van der Waals surface area (Å²) in [5, 5.41) is 4.84. The highest BCUT2D eigenvalue weighted by Crippen LogP contribution is 2.19. The van der Waals surface area contributed by atoms with Gasteiger partial charge < -0.3 is 10.2 Å². The highest BCUT2D eigenvalue weighted by atomic mass is 32.1. The van der Waals surface area contributed by atoms with Crippen molar-refractivity contribution < 1.29 is 9.59 Å². The molecule has 1 aliphatic rings. The smallest absolute Gasteiger partial charge is 0.262 e. The molecule has 0 saturated carbocycles. The number of nitrogens with one attached hydrogen (secondary N) is 1. The van der Waals surface area contributed by atoms with E-state index in [4.69, 9.17) is 0 Å². The number of carbonyl (C=O) groups is 2. The van der Waals surface area contributed by atoms with Crippen LogP contribution in [0.1, 0.15) is 41.4 Å². The quantitative estimate of drug-likeness (QED) is 0.891. The van der Waals surface area contributed by atoms with E-state index in [9.17, 15) is 9.59 Å². The normalized spacial score (nSPS) is 18.6. The summed E-state index contributed by atoms with van der Waals surface area (Å²) in [5.74, 6) is -0.144. The molecular formula is C20H24N2O2S. The first-order valence-corrected chi connectivity index (χ1v) is 9.72. The number of benzene rings is 1. The van der Waals surface area contributed by atoms with Crippen molar-refractivity contribution >= 4 is 23.2 Å². The van der Waals surface area contributed by atoms with Crippen molar-refractivity contribution in [2.24, 2.45) is 0 Å². The maximum Gasteiger partial charge on any atom is 0.262 e. The highest BCUT2D eigenvalue weighted by molar-refractivity contribution is 7.12. The molecular weight excluding hydrogens is 332 g/mol. The van der Waals surface area contributed by atoms with Crippen LogP contribution in [0, 0.1) is 0 Å². The van der Waals surface area contributed by atoms with Crippen molar-refractivity contribution in [1.29, 1.82) is 0 Å². The van der Waals surface area contributed by atoms with E-state index in [-0.39, 0.29) is 17.9 Å². The number of likely N-dealkylation sites (tertiary alicyclic amines) is 1. The van der Waals surface area contributed by atoms with E-state index in [1.807, 2.05) is 46.7 Å². The summed E-state index contributed by atoms with van der Waals surface area (Å²) in [7, 11) is 0. The molecule has 0 spiro atoms. The molecule has 0 bridgehead atoms. The molecule has 25 heavy (non-hydrogen) atoms. The predicted molar refractivity (Wildman–Crippen MR) is 101 cm³/mol. The van der Waals surface area contributed by atoms with Crippen LogP contribution >= 0.6 is 11.3 Å². The third-order valence-electron chi connectivity index (χ3n) is 4.72. The molecule has 0 radical (unpaired) electrons. The Morgan fingerprint density at radius 1 is 1.20 bits per heavy atom. The van der Waals surface area contributed by atoms with Crippen molar-refractivity contribution in [3.63, 3.8) is 0 Å². The van der Waals surface area contributed by atoms with Crippen LogP contribution in [0.15, 0.2) is 47.8 Å². The second-order valence-corrected chi connectivity index (χ2v) is 7.52. The molecule has 2 atom stereocenters. The highest BCUT2D eigenvalue weighted by Gasteiger charge is 2.30. The predicted octanol–water partition coefficient (Wildman–Crippen LogP) is 3.49. The Morgan fingerprint density at radius 3 is 2.68 bits per heavy atom. The lowest BCUT2D eigenvalue weighted by Gasteiger charge is -2.36. The van der Waals surface area contributed by atoms with Gasteiger partial charge in [-0.25, -0.2) is 0 Å². The molecule has 1 aromatic carbocycles. The standard InChI is InChI=1S/C20H24N2O2S/c1-15-8-5-6-12-22(15)20(24)17(14-16-9-3-2-4-10-16)21-19(23)18-11-7-13-25-18/h2-4,7,9-11,13,15,17H,5-6,8,12,14H2,1H3,(H,21,23). The fourth-order valence-electron chi connectivity index (χ4n) is 3.31. The molecule has 1 aromatic heterocycles. The fraction of sp³-hybridized carbons (Fsp3) is 0.400. The molecule has 2 aromatic rings. The van der Waals surface area contributed by atoms with Gasteiger partial charge in [0.15, 0.2) is 0 Å². The fourth-order valence-corrected chi connectivity index (χ4v) is 3.94. The largest absolute Gasteiger partial charge is 0.339 e. The second kappa shape index (κ2) is 8.30. The summed E-state index contributed by atoms with van der Waals surface area (Å²) in [5.41, 5.74) is 1.05. The van der Waals surface area contributed by atoms with E-state index in [1.165, 1.54) is 11.3 Å². The molecule has 132 valence electrons. The van der Waals surface area contributed by atoms with E-state index in [1.54, 1.807) is 6.07 Å². The van der Waals surface area contributed by atoms with Crippen molar-refractivity contribution in [3.05, 3.63) is 58.3 Å². The van der Waals surface area contributed by atoms with Gasteiger partial charge in [0.25, 0.3) is 5.91 Å². The maximum atomic E-state index is 13.1. The van der Waals surface area contributed by atoms with Gasteiger partial charge in [-0.15, -0.1) is 11.3 Å². The van der Waals surface area contributed by atoms with Gasteiger partial charge in [0.05, 0.1) is 4.88 Å². The molecule has 2 unspecified atom stereocenters. The van der Waals surface area contributed by atoms with Crippen LogP contribution in [0.3, 0.4) is 0 Å². The van der Waals surface area contributed by atoms with E-state index >= 15 is 0 Å². The van der Waals surface area contributed by atoms with E-state index in [0.717, 1.165) is 31.4 Å². The third kappa shape index (κ3) is 4.48. The molecule has 1 saturated heterocycles. The summed E-state index contributed by atoms with van der Waals surface area (Å²) >= 11 is 1.39. The van der Waals surface area contributed by atoms with E-state index < -0.39 is 6.04 Å². The zero-order valence-corrected chi connectivity index (χ0v) is 15.3. The Morgan fingerprint density at radius 2 is 2.00 bits per heavy atom. The zero-order chi connectivity index (χ0) is 17.6. The minimum Gasteiger partial charge on any atom is -0.339 e. The monoisotopic (exact) mass is 356 g/mol. The van der Waals surface area contributed by atoms with Crippen LogP contribution in [0.4, 0.5) is 0 Å². The zero-order valence-electron chi connectivity index (χ0n) is 14.5. The number of hydrogen-bond acceptors (Lipinski definition) is 3. The SMILES string of the molecule is CC1CCCCN1C(=O)C(Cc1ccccc1)NC(=O)c1cccs1. The summed E-state index contributed by atoms with van der Waals surface area (Å²) in [6.45, 7) is 2.87. The van der Waals surface area contributed by atoms with Gasteiger partial charge in [-0.05, 0) is 43.2 Å². The van der Waals surface area contributed by atoms with Gasteiger partial charge >= 0.3 is 0 Å². The van der Waals surface area contributed by atoms with Gasteiger partial charge in [0, 0.05) is 19.0 Å². The van der Waals surface area contributed by atoms with Gasteiger partial charge in [-0.1, -0.05) is 36.4 Å². The number of thiophene rings is 1. The summed E-state index contributed by atoms with van der Waals surface area (Å²) in [4.78, 5) is 28.2. The molecule has 1 fully saturated rings. The summed E-state index contributed by atoms with van der Waals surface area (Å²) in [6, 6.07) is 13.2. The van der Waals surface area contributed by atoms with Crippen molar-refractivity contribution in [2.45, 2.75) is 44.7 Å². The van der Waals surface area contributed by atoms with Gasteiger partial charge in [-0.2, -0.15) is 0 Å². The molecule has 3 rings (SSSR count). The van der Waals surface area contributed by atoms with Crippen LogP contribution in [-0.2, 0) is 11.2 Å². The molecule has 1 aliphatic heterocycles. The number of rotatable bonds is 5. The van der Waals surface area contributed by atoms with Crippen LogP contribution in [0.25, 0.3) is 0 Å². The van der Waals surface area contributed by atoms with Gasteiger partial charge in [-0.3, -0.25) is 9.59 Å². The van der Waals surface area contributed by atoms with Crippen LogP contribution in [-0.4, -0.2) is 35.3 Å². The van der Waals surface area contributed by atoms with Crippen LogP contribution < -0.4 is 5.32 Å². The molecule has 5 heteroatoms. The minimum atomic E-state index is -0.530. The Labute approximate surface area is 152 Å². The Bertz CT molecular complexity index is 700. The average Bonchev–Trinajstić information content (AvgIpc) is 3.17. The Kier molecular flexibility index (Phi) is 5.87. The number of hydrogen-bond donors (Lipinski definition) is 1. The first-order chi connectivity index (χ1) is 12.1. The Balaban J connectivity index is 1.77. The summed E-state index contributed by atoms with van der Waals surface area (Å²) in [6.07, 6.45) is 3.74.